The lowest BCUT2D eigenvalue weighted by atomic mass is 10.0. The highest BCUT2D eigenvalue weighted by atomic mass is 19.2. The smallest absolute Gasteiger partial charge is 0.162 e. The van der Waals surface area contributed by atoms with E-state index in [1.165, 1.54) is 12.1 Å². The number of benzene rings is 2. The minimum atomic E-state index is -1.10. The van der Waals surface area contributed by atoms with E-state index in [9.17, 15) is 22.4 Å². The molecule has 0 atom stereocenters. The zero-order valence-electron chi connectivity index (χ0n) is 10.3. The third-order valence-electron chi connectivity index (χ3n) is 2.81. The van der Waals surface area contributed by atoms with Crippen LogP contribution < -0.4 is 0 Å². The lowest BCUT2D eigenvalue weighted by Gasteiger charge is -2.05. The van der Waals surface area contributed by atoms with Gasteiger partial charge in [-0.1, -0.05) is 12.1 Å². The monoisotopic (exact) mass is 282 g/mol. The molecule has 0 aliphatic carbocycles. The van der Waals surface area contributed by atoms with Crippen molar-refractivity contribution in [1.82, 2.24) is 0 Å². The van der Waals surface area contributed by atoms with Crippen molar-refractivity contribution in [2.45, 2.75) is 12.8 Å². The second kappa shape index (κ2) is 5.86. The molecule has 0 saturated heterocycles. The van der Waals surface area contributed by atoms with Crippen molar-refractivity contribution < 1.29 is 22.4 Å². The molecule has 0 aliphatic heterocycles. The molecule has 0 aromatic heterocycles. The normalized spacial score (nSPS) is 10.6. The van der Waals surface area contributed by atoms with Crippen LogP contribution in [0.2, 0.25) is 0 Å². The molecule has 2 aromatic rings. The topological polar surface area (TPSA) is 17.1 Å². The van der Waals surface area contributed by atoms with E-state index in [1.54, 1.807) is 0 Å². The molecule has 5 heteroatoms. The fourth-order valence-electron chi connectivity index (χ4n) is 1.85. The Hall–Kier alpha value is -2.17. The Bertz CT molecular complexity index is 646. The van der Waals surface area contributed by atoms with Gasteiger partial charge in [0.25, 0.3) is 0 Å². The van der Waals surface area contributed by atoms with Crippen LogP contribution in [0.1, 0.15) is 11.1 Å². The molecule has 0 N–H and O–H groups in total. The van der Waals surface area contributed by atoms with Crippen molar-refractivity contribution in [1.29, 1.82) is 0 Å². The fourth-order valence-corrected chi connectivity index (χ4v) is 1.85. The van der Waals surface area contributed by atoms with Crippen LogP contribution in [-0.4, -0.2) is 5.78 Å². The van der Waals surface area contributed by atoms with E-state index in [0.717, 1.165) is 24.3 Å². The minimum Gasteiger partial charge on any atom is -0.299 e. The molecule has 0 heterocycles. The third-order valence-corrected chi connectivity index (χ3v) is 2.81. The average molecular weight is 282 g/mol. The number of rotatable bonds is 4. The van der Waals surface area contributed by atoms with Crippen LogP contribution in [-0.2, 0) is 17.6 Å². The van der Waals surface area contributed by atoms with Gasteiger partial charge in [0.1, 0.15) is 17.4 Å². The van der Waals surface area contributed by atoms with Gasteiger partial charge >= 0.3 is 0 Å². The summed E-state index contributed by atoms with van der Waals surface area (Å²) in [5.74, 6) is -4.04. The molecular formula is C15H10F4O. The van der Waals surface area contributed by atoms with E-state index in [1.807, 2.05) is 0 Å². The standard InChI is InChI=1S/C15H10F4O/c16-11-4-5-13(17)10(6-11)8-12(20)7-9-2-1-3-14(18)15(9)19/h1-6H,7-8H2. The summed E-state index contributed by atoms with van der Waals surface area (Å²) in [6.45, 7) is 0. The minimum absolute atomic E-state index is 0.105. The highest BCUT2D eigenvalue weighted by Crippen LogP contribution is 2.15. The third kappa shape index (κ3) is 3.23. The largest absolute Gasteiger partial charge is 0.299 e. The van der Waals surface area contributed by atoms with Crippen molar-refractivity contribution in [2.24, 2.45) is 0 Å². The lowest BCUT2D eigenvalue weighted by molar-refractivity contribution is -0.117. The molecule has 1 nitrogen and oxygen atoms in total. The van der Waals surface area contributed by atoms with Crippen molar-refractivity contribution in [3.63, 3.8) is 0 Å². The zero-order valence-corrected chi connectivity index (χ0v) is 10.3. The first-order valence-electron chi connectivity index (χ1n) is 5.86. The molecule has 0 saturated carbocycles. The van der Waals surface area contributed by atoms with Crippen LogP contribution >= 0.6 is 0 Å². The number of halogens is 4. The van der Waals surface area contributed by atoms with Crippen molar-refractivity contribution >= 4 is 5.78 Å². The number of ketones is 1. The molecule has 2 rings (SSSR count). The maximum absolute atomic E-state index is 13.4. The predicted octanol–water partition coefficient (Wildman–Crippen LogP) is 3.60. The van der Waals surface area contributed by atoms with Gasteiger partial charge in [0.05, 0.1) is 0 Å². The van der Waals surface area contributed by atoms with Crippen molar-refractivity contribution in [3.05, 3.63) is 70.8 Å². The van der Waals surface area contributed by atoms with Crippen LogP contribution in [0.25, 0.3) is 0 Å². The van der Waals surface area contributed by atoms with Crippen LogP contribution in [0.5, 0.6) is 0 Å². The SMILES string of the molecule is O=C(Cc1cc(F)ccc1F)Cc1cccc(F)c1F. The van der Waals surface area contributed by atoms with Crippen molar-refractivity contribution in [3.8, 4) is 0 Å². The predicted molar refractivity (Wildman–Crippen MR) is 65.1 cm³/mol. The summed E-state index contributed by atoms with van der Waals surface area (Å²) in [4.78, 5) is 11.7. The maximum Gasteiger partial charge on any atom is 0.162 e. The highest BCUT2D eigenvalue weighted by molar-refractivity contribution is 5.83. The van der Waals surface area contributed by atoms with Gasteiger partial charge in [0.15, 0.2) is 11.6 Å². The first-order chi connectivity index (χ1) is 9.47. The van der Waals surface area contributed by atoms with Gasteiger partial charge in [-0.3, -0.25) is 4.79 Å². The number of hydrogen-bond donors (Lipinski definition) is 0. The summed E-state index contributed by atoms with van der Waals surface area (Å²) in [6.07, 6.45) is -0.751. The first kappa shape index (κ1) is 14.2. The number of carbonyl (C=O) groups excluding carboxylic acids is 1. The van der Waals surface area contributed by atoms with Gasteiger partial charge in [-0.15, -0.1) is 0 Å². The number of hydrogen-bond acceptors (Lipinski definition) is 1. The molecule has 104 valence electrons. The molecule has 20 heavy (non-hydrogen) atoms. The summed E-state index contributed by atoms with van der Waals surface area (Å²) in [6, 6.07) is 6.27. The summed E-state index contributed by atoms with van der Waals surface area (Å²) < 4.78 is 52.7. The fraction of sp³-hybridized carbons (Fsp3) is 0.133. The van der Waals surface area contributed by atoms with Gasteiger partial charge in [-0.2, -0.15) is 0 Å². The van der Waals surface area contributed by atoms with Crippen molar-refractivity contribution in [2.75, 3.05) is 0 Å². The van der Waals surface area contributed by atoms with Crippen LogP contribution in [0, 0.1) is 23.3 Å². The Morgan fingerprint density at radius 2 is 1.55 bits per heavy atom. The van der Waals surface area contributed by atoms with E-state index in [4.69, 9.17) is 0 Å². The van der Waals surface area contributed by atoms with Gasteiger partial charge in [0.2, 0.25) is 0 Å². The van der Waals surface area contributed by atoms with Gasteiger partial charge in [0, 0.05) is 12.8 Å². The molecule has 0 aliphatic rings. The summed E-state index contributed by atoms with van der Waals surface area (Å²) in [5, 5.41) is 0. The number of Topliss-reactive ketones (excluding diaryl/α,β-unsaturated/α-hetero) is 1. The summed E-state index contributed by atoms with van der Waals surface area (Å²) in [5.41, 5.74) is -0.210. The molecule has 2 aromatic carbocycles. The highest BCUT2D eigenvalue weighted by Gasteiger charge is 2.14. The van der Waals surface area contributed by atoms with E-state index in [0.29, 0.717) is 0 Å². The first-order valence-corrected chi connectivity index (χ1v) is 5.86. The van der Waals surface area contributed by atoms with Crippen LogP contribution in [0.3, 0.4) is 0 Å². The molecule has 0 unspecified atom stereocenters. The molecule has 0 bridgehead atoms. The molecule has 0 radical (unpaired) electrons. The second-order valence-corrected chi connectivity index (χ2v) is 4.34. The Balaban J connectivity index is 2.13. The van der Waals surface area contributed by atoms with Crippen LogP contribution in [0.4, 0.5) is 17.6 Å². The Kier molecular flexibility index (Phi) is 4.17. The maximum atomic E-state index is 13.4. The average Bonchev–Trinajstić information content (AvgIpc) is 2.39. The molecular weight excluding hydrogens is 272 g/mol. The summed E-state index contributed by atoms with van der Waals surface area (Å²) in [7, 11) is 0. The molecule has 0 fully saturated rings. The van der Waals surface area contributed by atoms with Gasteiger partial charge in [-0.25, -0.2) is 17.6 Å². The Morgan fingerprint density at radius 1 is 0.850 bits per heavy atom. The number of carbonyl (C=O) groups is 1. The van der Waals surface area contributed by atoms with E-state index in [-0.39, 0.29) is 24.0 Å². The Labute approximate surface area is 112 Å². The van der Waals surface area contributed by atoms with E-state index in [2.05, 4.69) is 0 Å². The second-order valence-electron chi connectivity index (χ2n) is 4.34. The summed E-state index contributed by atoms with van der Waals surface area (Å²) >= 11 is 0. The van der Waals surface area contributed by atoms with Gasteiger partial charge < -0.3 is 0 Å². The lowest BCUT2D eigenvalue weighted by Crippen LogP contribution is -2.10. The van der Waals surface area contributed by atoms with E-state index < -0.39 is 29.1 Å². The van der Waals surface area contributed by atoms with Crippen LogP contribution in [0.15, 0.2) is 36.4 Å². The molecule has 0 spiro atoms. The quantitative estimate of drug-likeness (QED) is 0.783. The molecule has 0 amide bonds. The van der Waals surface area contributed by atoms with Gasteiger partial charge in [-0.05, 0) is 35.4 Å². The van der Waals surface area contributed by atoms with E-state index >= 15 is 0 Å². The Morgan fingerprint density at radius 3 is 2.30 bits per heavy atom. The zero-order chi connectivity index (χ0) is 14.7.